The van der Waals surface area contributed by atoms with Crippen LogP contribution >= 0.6 is 0 Å². The van der Waals surface area contributed by atoms with E-state index in [1.165, 1.54) is 12.1 Å². The first kappa shape index (κ1) is 17.7. The fourth-order valence-electron chi connectivity index (χ4n) is 3.85. The molecule has 7 heteroatoms. The lowest BCUT2D eigenvalue weighted by molar-refractivity contribution is -0.122. The molecule has 3 aromatic rings. The topological polar surface area (TPSA) is 63.3 Å². The van der Waals surface area contributed by atoms with Gasteiger partial charge in [-0.1, -0.05) is 0 Å². The molecule has 0 spiro atoms. The summed E-state index contributed by atoms with van der Waals surface area (Å²) in [5.41, 5.74) is 1.68. The van der Waals surface area contributed by atoms with Gasteiger partial charge in [0, 0.05) is 25.2 Å². The molecule has 142 valence electrons. The molecule has 3 heterocycles. The van der Waals surface area contributed by atoms with Gasteiger partial charge in [0.05, 0.1) is 30.4 Å². The van der Waals surface area contributed by atoms with E-state index in [9.17, 15) is 9.18 Å². The van der Waals surface area contributed by atoms with Crippen LogP contribution in [0.25, 0.3) is 11.0 Å². The molecule has 1 N–H and O–H groups in total. The van der Waals surface area contributed by atoms with Crippen LogP contribution in [0, 0.1) is 12.7 Å². The number of likely N-dealkylation sites (tertiary alicyclic amines) is 1. The van der Waals surface area contributed by atoms with Crippen molar-refractivity contribution in [3.05, 3.63) is 54.0 Å². The molecule has 0 radical (unpaired) electrons. The van der Waals surface area contributed by atoms with E-state index in [4.69, 9.17) is 4.42 Å². The zero-order valence-corrected chi connectivity index (χ0v) is 15.3. The number of hydrogen-bond donors (Lipinski definition) is 1. The quantitative estimate of drug-likeness (QED) is 0.750. The predicted molar refractivity (Wildman–Crippen MR) is 99.7 cm³/mol. The number of furan rings is 1. The fraction of sp³-hybridized carbons (Fsp3) is 0.400. The van der Waals surface area contributed by atoms with Crippen molar-refractivity contribution in [2.45, 2.75) is 32.4 Å². The number of carbonyl (C=O) groups is 1. The molecule has 1 fully saturated rings. The van der Waals surface area contributed by atoms with E-state index in [1.54, 1.807) is 12.3 Å². The monoisotopic (exact) mass is 370 g/mol. The van der Waals surface area contributed by atoms with Crippen LogP contribution in [0.15, 0.2) is 41.0 Å². The fourth-order valence-corrected chi connectivity index (χ4v) is 3.85. The average Bonchev–Trinajstić information content (AvgIpc) is 3.27. The SMILES string of the molecule is Cc1nc2cc(F)ccc2n1C1CCN(CC(=O)NCc2ccco2)CC1. The lowest BCUT2D eigenvalue weighted by Crippen LogP contribution is -2.41. The Kier molecular flexibility index (Phi) is 4.94. The van der Waals surface area contributed by atoms with Gasteiger partial charge in [0.15, 0.2) is 0 Å². The van der Waals surface area contributed by atoms with Gasteiger partial charge < -0.3 is 14.3 Å². The summed E-state index contributed by atoms with van der Waals surface area (Å²) in [5, 5.41) is 2.88. The van der Waals surface area contributed by atoms with Gasteiger partial charge in [0.25, 0.3) is 0 Å². The molecule has 27 heavy (non-hydrogen) atoms. The lowest BCUT2D eigenvalue weighted by Gasteiger charge is -2.33. The first-order valence-electron chi connectivity index (χ1n) is 9.25. The van der Waals surface area contributed by atoms with Crippen molar-refractivity contribution in [3.8, 4) is 0 Å². The zero-order valence-electron chi connectivity index (χ0n) is 15.3. The van der Waals surface area contributed by atoms with Gasteiger partial charge in [-0.15, -0.1) is 0 Å². The Morgan fingerprint density at radius 3 is 2.89 bits per heavy atom. The number of benzene rings is 1. The smallest absolute Gasteiger partial charge is 0.234 e. The van der Waals surface area contributed by atoms with Gasteiger partial charge >= 0.3 is 0 Å². The number of fused-ring (bicyclic) bond motifs is 1. The third-order valence-electron chi connectivity index (χ3n) is 5.16. The Morgan fingerprint density at radius 1 is 1.33 bits per heavy atom. The highest BCUT2D eigenvalue weighted by atomic mass is 19.1. The molecular formula is C20H23FN4O2. The molecular weight excluding hydrogens is 347 g/mol. The number of imidazole rings is 1. The number of nitrogens with zero attached hydrogens (tertiary/aromatic N) is 3. The second kappa shape index (κ2) is 7.52. The van der Waals surface area contributed by atoms with Crippen LogP contribution in [-0.2, 0) is 11.3 Å². The Labute approximate surface area is 157 Å². The standard InChI is InChI=1S/C20H23FN4O2/c1-14-23-18-11-15(21)4-5-19(18)25(14)16-6-8-24(9-7-16)13-20(26)22-12-17-3-2-10-27-17/h2-5,10-11,16H,6-9,12-13H2,1H3,(H,22,26). The maximum atomic E-state index is 13.4. The molecule has 2 aromatic heterocycles. The summed E-state index contributed by atoms with van der Waals surface area (Å²) in [4.78, 5) is 18.8. The molecule has 1 saturated heterocycles. The summed E-state index contributed by atoms with van der Waals surface area (Å²) in [6, 6.07) is 8.75. The lowest BCUT2D eigenvalue weighted by atomic mass is 10.0. The minimum Gasteiger partial charge on any atom is -0.467 e. The maximum Gasteiger partial charge on any atom is 0.234 e. The molecule has 1 aliphatic heterocycles. The number of aryl methyl sites for hydroxylation is 1. The molecule has 4 rings (SSSR count). The van der Waals surface area contributed by atoms with E-state index in [0.717, 1.165) is 43.0 Å². The summed E-state index contributed by atoms with van der Waals surface area (Å²) in [7, 11) is 0. The molecule has 1 aliphatic rings. The van der Waals surface area contributed by atoms with Gasteiger partial charge in [0.1, 0.15) is 17.4 Å². The number of halogens is 1. The summed E-state index contributed by atoms with van der Waals surface area (Å²) < 4.78 is 20.9. The van der Waals surface area contributed by atoms with E-state index in [-0.39, 0.29) is 11.7 Å². The zero-order chi connectivity index (χ0) is 18.8. The van der Waals surface area contributed by atoms with Crippen LogP contribution in [0.4, 0.5) is 4.39 Å². The van der Waals surface area contributed by atoms with E-state index in [1.807, 2.05) is 19.1 Å². The van der Waals surface area contributed by atoms with Gasteiger partial charge in [-0.3, -0.25) is 9.69 Å². The number of piperidine rings is 1. The predicted octanol–water partition coefficient (Wildman–Crippen LogP) is 3.03. The molecule has 0 bridgehead atoms. The van der Waals surface area contributed by atoms with Crippen molar-refractivity contribution < 1.29 is 13.6 Å². The van der Waals surface area contributed by atoms with Crippen LogP contribution in [0.5, 0.6) is 0 Å². The first-order valence-corrected chi connectivity index (χ1v) is 9.25. The van der Waals surface area contributed by atoms with E-state index >= 15 is 0 Å². The average molecular weight is 370 g/mol. The van der Waals surface area contributed by atoms with Crippen molar-refractivity contribution in [2.24, 2.45) is 0 Å². The van der Waals surface area contributed by atoms with Crippen LogP contribution in [0.3, 0.4) is 0 Å². The Morgan fingerprint density at radius 2 is 2.15 bits per heavy atom. The molecule has 0 atom stereocenters. The van der Waals surface area contributed by atoms with E-state index < -0.39 is 0 Å². The summed E-state index contributed by atoms with van der Waals surface area (Å²) >= 11 is 0. The third-order valence-corrected chi connectivity index (χ3v) is 5.16. The highest BCUT2D eigenvalue weighted by Crippen LogP contribution is 2.28. The van der Waals surface area contributed by atoms with E-state index in [0.29, 0.717) is 24.6 Å². The van der Waals surface area contributed by atoms with Gasteiger partial charge in [0.2, 0.25) is 5.91 Å². The molecule has 0 unspecified atom stereocenters. The van der Waals surface area contributed by atoms with E-state index in [2.05, 4.69) is 19.8 Å². The van der Waals surface area contributed by atoms with Crippen molar-refractivity contribution >= 4 is 16.9 Å². The first-order chi connectivity index (χ1) is 13.1. The van der Waals surface area contributed by atoms with Crippen molar-refractivity contribution in [1.29, 1.82) is 0 Å². The summed E-state index contributed by atoms with van der Waals surface area (Å²) in [6.45, 7) is 4.46. The minimum absolute atomic E-state index is 0.00425. The number of amides is 1. The minimum atomic E-state index is -0.262. The maximum absolute atomic E-state index is 13.4. The van der Waals surface area contributed by atoms with Crippen molar-refractivity contribution in [3.63, 3.8) is 0 Å². The third kappa shape index (κ3) is 3.88. The highest BCUT2D eigenvalue weighted by molar-refractivity contribution is 5.78. The summed E-state index contributed by atoms with van der Waals surface area (Å²) in [6.07, 6.45) is 3.48. The van der Waals surface area contributed by atoms with Crippen LogP contribution in [0.1, 0.15) is 30.5 Å². The number of hydrogen-bond acceptors (Lipinski definition) is 4. The number of aromatic nitrogens is 2. The van der Waals surface area contributed by atoms with Crippen LogP contribution < -0.4 is 5.32 Å². The van der Waals surface area contributed by atoms with Crippen LogP contribution in [0.2, 0.25) is 0 Å². The number of nitrogens with one attached hydrogen (secondary N) is 1. The number of carbonyl (C=O) groups excluding carboxylic acids is 1. The second-order valence-corrected chi connectivity index (χ2v) is 7.03. The number of rotatable bonds is 5. The van der Waals surface area contributed by atoms with Gasteiger partial charge in [-0.2, -0.15) is 0 Å². The molecule has 1 aromatic carbocycles. The van der Waals surface area contributed by atoms with Crippen LogP contribution in [-0.4, -0.2) is 40.0 Å². The van der Waals surface area contributed by atoms with Gasteiger partial charge in [-0.05, 0) is 44.0 Å². The van der Waals surface area contributed by atoms with Gasteiger partial charge in [-0.25, -0.2) is 9.37 Å². The summed E-state index contributed by atoms with van der Waals surface area (Å²) in [5.74, 6) is 1.40. The highest BCUT2D eigenvalue weighted by Gasteiger charge is 2.24. The molecule has 0 saturated carbocycles. The largest absolute Gasteiger partial charge is 0.467 e. The Balaban J connectivity index is 1.34. The molecule has 6 nitrogen and oxygen atoms in total. The Bertz CT molecular complexity index is 927. The normalized spacial score (nSPS) is 16.1. The Hall–Kier alpha value is -2.67. The van der Waals surface area contributed by atoms with Crippen molar-refractivity contribution in [1.82, 2.24) is 19.8 Å². The molecule has 1 amide bonds. The second-order valence-electron chi connectivity index (χ2n) is 7.03. The molecule has 0 aliphatic carbocycles. The van der Waals surface area contributed by atoms with Crippen molar-refractivity contribution in [2.75, 3.05) is 19.6 Å².